The van der Waals surface area contributed by atoms with E-state index >= 15 is 0 Å². The third kappa shape index (κ3) is 14.9. The van der Waals surface area contributed by atoms with Crippen molar-refractivity contribution >= 4 is 11.9 Å². The first kappa shape index (κ1) is 26.9. The Kier molecular flexibility index (Phi) is 17.3. The molecule has 0 amide bonds. The van der Waals surface area contributed by atoms with Crippen LogP contribution in [0.25, 0.3) is 0 Å². The van der Waals surface area contributed by atoms with Crippen LogP contribution < -0.4 is 0 Å². The number of esters is 1. The molecule has 0 aliphatic rings. The van der Waals surface area contributed by atoms with Gasteiger partial charge in [0, 0.05) is 6.42 Å². The molecule has 1 atom stereocenters. The Morgan fingerprint density at radius 3 is 1.50 bits per heavy atom. The first-order chi connectivity index (χ1) is 13.5. The summed E-state index contributed by atoms with van der Waals surface area (Å²) in [5.41, 5.74) is -1.41. The predicted molar refractivity (Wildman–Crippen MR) is 113 cm³/mol. The molecule has 0 aliphatic carbocycles. The minimum Gasteiger partial charge on any atom is -0.481 e. The normalized spacial score (nSPS) is 13.2. The Labute approximate surface area is 172 Å². The zero-order valence-electron chi connectivity index (χ0n) is 18.3. The zero-order chi connectivity index (χ0) is 21.1. The van der Waals surface area contributed by atoms with Crippen molar-refractivity contribution in [3.05, 3.63) is 0 Å². The molecule has 1 unspecified atom stereocenters. The van der Waals surface area contributed by atoms with Gasteiger partial charge in [0.1, 0.15) is 12.0 Å². The second-order valence-corrected chi connectivity index (χ2v) is 8.38. The fraction of sp³-hybridized carbons (Fsp3) is 0.913. The predicted octanol–water partition coefficient (Wildman–Crippen LogP) is 5.87. The van der Waals surface area contributed by atoms with E-state index in [1.54, 1.807) is 0 Å². The van der Waals surface area contributed by atoms with E-state index in [1.165, 1.54) is 84.0 Å². The van der Waals surface area contributed by atoms with Gasteiger partial charge < -0.3 is 14.9 Å². The largest absolute Gasteiger partial charge is 0.481 e. The van der Waals surface area contributed by atoms with Crippen LogP contribution in [0.5, 0.6) is 0 Å². The maximum atomic E-state index is 11.7. The van der Waals surface area contributed by atoms with Gasteiger partial charge in [0.25, 0.3) is 0 Å². The average Bonchev–Trinajstić information content (AvgIpc) is 2.68. The van der Waals surface area contributed by atoms with E-state index in [-0.39, 0.29) is 12.6 Å². The number of carboxylic acids is 1. The minimum atomic E-state index is -1.41. The summed E-state index contributed by atoms with van der Waals surface area (Å²) in [6, 6.07) is 0. The smallest absolute Gasteiger partial charge is 0.315 e. The summed E-state index contributed by atoms with van der Waals surface area (Å²) in [7, 11) is 0. The van der Waals surface area contributed by atoms with Crippen molar-refractivity contribution in [2.24, 2.45) is 5.41 Å². The van der Waals surface area contributed by atoms with Crippen molar-refractivity contribution in [2.75, 3.05) is 13.2 Å². The van der Waals surface area contributed by atoms with E-state index in [0.717, 1.165) is 19.3 Å². The van der Waals surface area contributed by atoms with Crippen molar-refractivity contribution in [1.82, 2.24) is 0 Å². The van der Waals surface area contributed by atoms with Crippen molar-refractivity contribution in [2.45, 2.75) is 117 Å². The van der Waals surface area contributed by atoms with Crippen LogP contribution >= 0.6 is 0 Å². The van der Waals surface area contributed by atoms with Crippen molar-refractivity contribution in [1.29, 1.82) is 0 Å². The lowest BCUT2D eigenvalue weighted by molar-refractivity contribution is -0.160. The molecular weight excluding hydrogens is 356 g/mol. The molecule has 0 spiro atoms. The number of aliphatic hydroxyl groups excluding tert-OH is 1. The van der Waals surface area contributed by atoms with Crippen LogP contribution in [0.15, 0.2) is 0 Å². The number of ether oxygens (including phenoxy) is 1. The summed E-state index contributed by atoms with van der Waals surface area (Å²) in [5.74, 6) is -1.54. The molecule has 0 fully saturated rings. The van der Waals surface area contributed by atoms with Gasteiger partial charge in [0.05, 0.1) is 6.61 Å². The average molecular weight is 401 g/mol. The van der Waals surface area contributed by atoms with Crippen LogP contribution in [-0.2, 0) is 14.3 Å². The monoisotopic (exact) mass is 400 g/mol. The van der Waals surface area contributed by atoms with Gasteiger partial charge in [-0.1, -0.05) is 96.8 Å². The number of hydrogen-bond donors (Lipinski definition) is 2. The Morgan fingerprint density at radius 2 is 1.14 bits per heavy atom. The van der Waals surface area contributed by atoms with Crippen LogP contribution in [0.1, 0.15) is 117 Å². The maximum absolute atomic E-state index is 11.7. The standard InChI is InChI=1S/C23H44O5/c1-3-4-5-6-7-8-9-10-11-12-13-14-15-16-17-18-21(25)28-20-23(2,19-24)22(26)27/h24H,3-20H2,1-2H3,(H,26,27). The van der Waals surface area contributed by atoms with Gasteiger partial charge >= 0.3 is 11.9 Å². The van der Waals surface area contributed by atoms with Crippen LogP contribution in [0.3, 0.4) is 0 Å². The molecule has 0 saturated carbocycles. The number of carboxylic acid groups (broad SMARTS) is 1. The lowest BCUT2D eigenvalue weighted by Crippen LogP contribution is -2.37. The molecule has 5 nitrogen and oxygen atoms in total. The maximum Gasteiger partial charge on any atom is 0.315 e. The lowest BCUT2D eigenvalue weighted by atomic mass is 9.93. The molecule has 28 heavy (non-hydrogen) atoms. The second-order valence-electron chi connectivity index (χ2n) is 8.38. The van der Waals surface area contributed by atoms with E-state index in [9.17, 15) is 9.59 Å². The number of carbonyl (C=O) groups is 2. The highest BCUT2D eigenvalue weighted by Crippen LogP contribution is 2.17. The Balaban J connectivity index is 3.37. The Bertz CT molecular complexity index is 396. The van der Waals surface area contributed by atoms with E-state index in [2.05, 4.69) is 6.92 Å². The molecule has 0 radical (unpaired) electrons. The molecular formula is C23H44O5. The summed E-state index contributed by atoms with van der Waals surface area (Å²) in [6.07, 6.45) is 19.4. The fourth-order valence-electron chi connectivity index (χ4n) is 3.13. The van der Waals surface area contributed by atoms with Crippen LogP contribution in [0.2, 0.25) is 0 Å². The summed E-state index contributed by atoms with van der Waals surface area (Å²) in [4.78, 5) is 22.7. The Hall–Kier alpha value is -1.10. The number of carbonyl (C=O) groups excluding carboxylic acids is 1. The quantitative estimate of drug-likeness (QED) is 0.197. The van der Waals surface area contributed by atoms with Gasteiger partial charge in [-0.15, -0.1) is 0 Å². The summed E-state index contributed by atoms with van der Waals surface area (Å²) >= 11 is 0. The van der Waals surface area contributed by atoms with E-state index in [1.807, 2.05) is 0 Å². The SMILES string of the molecule is CCCCCCCCCCCCCCCCCC(=O)OCC(C)(CO)C(=O)O. The van der Waals surface area contributed by atoms with Gasteiger partial charge in [-0.3, -0.25) is 9.59 Å². The molecule has 0 aliphatic heterocycles. The van der Waals surface area contributed by atoms with Crippen LogP contribution in [-0.4, -0.2) is 35.4 Å². The molecule has 0 bridgehead atoms. The Morgan fingerprint density at radius 1 is 0.750 bits per heavy atom. The number of aliphatic hydroxyl groups is 1. The number of hydrogen-bond acceptors (Lipinski definition) is 4. The minimum absolute atomic E-state index is 0.281. The van der Waals surface area contributed by atoms with Gasteiger partial charge in [0.15, 0.2) is 0 Å². The first-order valence-electron chi connectivity index (χ1n) is 11.5. The van der Waals surface area contributed by atoms with Gasteiger partial charge in [-0.2, -0.15) is 0 Å². The van der Waals surface area contributed by atoms with Crippen molar-refractivity contribution < 1.29 is 24.5 Å². The van der Waals surface area contributed by atoms with Crippen molar-refractivity contribution in [3.63, 3.8) is 0 Å². The van der Waals surface area contributed by atoms with Gasteiger partial charge in [-0.25, -0.2) is 0 Å². The topological polar surface area (TPSA) is 83.8 Å². The number of rotatable bonds is 20. The molecule has 0 aromatic rings. The highest BCUT2D eigenvalue weighted by Gasteiger charge is 2.34. The second kappa shape index (κ2) is 18.0. The van der Waals surface area contributed by atoms with E-state index < -0.39 is 18.0 Å². The number of aliphatic carboxylic acids is 1. The number of unbranched alkanes of at least 4 members (excludes halogenated alkanes) is 14. The van der Waals surface area contributed by atoms with Gasteiger partial charge in [0.2, 0.25) is 0 Å². The molecule has 0 aromatic carbocycles. The third-order valence-corrected chi connectivity index (χ3v) is 5.40. The first-order valence-corrected chi connectivity index (χ1v) is 11.5. The van der Waals surface area contributed by atoms with Crippen LogP contribution in [0.4, 0.5) is 0 Å². The molecule has 5 heteroatoms. The molecule has 166 valence electrons. The van der Waals surface area contributed by atoms with E-state index in [4.69, 9.17) is 14.9 Å². The highest BCUT2D eigenvalue weighted by atomic mass is 16.5. The highest BCUT2D eigenvalue weighted by molar-refractivity contribution is 5.75. The molecule has 0 heterocycles. The van der Waals surface area contributed by atoms with Crippen molar-refractivity contribution in [3.8, 4) is 0 Å². The third-order valence-electron chi connectivity index (χ3n) is 5.40. The van der Waals surface area contributed by atoms with Crippen LogP contribution in [0, 0.1) is 5.41 Å². The summed E-state index contributed by atoms with van der Waals surface area (Å²) in [6.45, 7) is 2.80. The molecule has 0 aromatic heterocycles. The van der Waals surface area contributed by atoms with E-state index in [0.29, 0.717) is 6.42 Å². The molecule has 2 N–H and O–H groups in total. The molecule has 0 saturated heterocycles. The summed E-state index contributed by atoms with van der Waals surface area (Å²) in [5, 5.41) is 18.1. The zero-order valence-corrected chi connectivity index (χ0v) is 18.3. The van der Waals surface area contributed by atoms with Gasteiger partial charge in [-0.05, 0) is 13.3 Å². The lowest BCUT2D eigenvalue weighted by Gasteiger charge is -2.21. The summed E-state index contributed by atoms with van der Waals surface area (Å²) < 4.78 is 5.00. The molecule has 0 rings (SSSR count). The fourth-order valence-corrected chi connectivity index (χ4v) is 3.13.